The van der Waals surface area contributed by atoms with Crippen molar-refractivity contribution in [2.75, 3.05) is 0 Å². The van der Waals surface area contributed by atoms with Crippen LogP contribution < -0.4 is 0 Å². The lowest BCUT2D eigenvalue weighted by atomic mass is 10.1. The van der Waals surface area contributed by atoms with Crippen LogP contribution in [0, 0.1) is 11.5 Å². The first-order chi connectivity index (χ1) is 6.20. The molecule has 68 valence electrons. The summed E-state index contributed by atoms with van der Waals surface area (Å²) in [5.41, 5.74) is 0.656. The van der Waals surface area contributed by atoms with E-state index in [4.69, 9.17) is 10.00 Å². The molecule has 2 heteroatoms. The van der Waals surface area contributed by atoms with Crippen LogP contribution in [0.2, 0.25) is 0 Å². The maximum Gasteiger partial charge on any atom is 0.287 e. The Kier molecular flexibility index (Phi) is 2.92. The van der Waals surface area contributed by atoms with Crippen molar-refractivity contribution in [3.05, 3.63) is 36.0 Å². The number of allylic oxidation sites excluding steroid dienone is 4. The highest BCUT2D eigenvalue weighted by atomic mass is 16.5. The lowest BCUT2D eigenvalue weighted by Crippen LogP contribution is -2.19. The van der Waals surface area contributed by atoms with E-state index in [0.29, 0.717) is 0 Å². The number of rotatable bonds is 2. The lowest BCUT2D eigenvalue weighted by Gasteiger charge is -2.16. The summed E-state index contributed by atoms with van der Waals surface area (Å²) in [6.07, 6.45) is 12.4. The Labute approximate surface area is 78.8 Å². The monoisotopic (exact) mass is 175 g/mol. The van der Waals surface area contributed by atoms with Crippen LogP contribution in [0.5, 0.6) is 0 Å². The predicted molar refractivity (Wildman–Crippen MR) is 51.8 cm³/mol. The molecule has 1 rings (SSSR count). The van der Waals surface area contributed by atoms with Gasteiger partial charge in [0.2, 0.25) is 0 Å². The highest BCUT2D eigenvalue weighted by Crippen LogP contribution is 2.19. The summed E-state index contributed by atoms with van der Waals surface area (Å²) in [7, 11) is 0. The standard InChI is InChI=1S/C11H13NO/c1-3-10-5-4-7-11(2,8-6-10)13-9-12/h4-8H,3H2,1-2H3. The van der Waals surface area contributed by atoms with E-state index in [9.17, 15) is 0 Å². The van der Waals surface area contributed by atoms with E-state index in [1.54, 1.807) is 6.26 Å². The van der Waals surface area contributed by atoms with Crippen LogP contribution in [-0.4, -0.2) is 5.60 Å². The highest BCUT2D eigenvalue weighted by molar-refractivity contribution is 5.32. The third kappa shape index (κ3) is 2.48. The van der Waals surface area contributed by atoms with Gasteiger partial charge in [-0.1, -0.05) is 25.2 Å². The second-order valence-electron chi connectivity index (χ2n) is 3.16. The molecule has 1 atom stereocenters. The van der Waals surface area contributed by atoms with E-state index in [1.807, 2.05) is 37.3 Å². The summed E-state index contributed by atoms with van der Waals surface area (Å²) in [5, 5.41) is 8.44. The molecule has 0 aromatic carbocycles. The number of hydrogen-bond donors (Lipinski definition) is 0. The van der Waals surface area contributed by atoms with E-state index < -0.39 is 5.60 Å². The average Bonchev–Trinajstić information content (AvgIpc) is 2.28. The van der Waals surface area contributed by atoms with Crippen LogP contribution >= 0.6 is 0 Å². The summed E-state index contributed by atoms with van der Waals surface area (Å²) < 4.78 is 4.94. The van der Waals surface area contributed by atoms with Gasteiger partial charge in [0.05, 0.1) is 0 Å². The predicted octanol–water partition coefficient (Wildman–Crippen LogP) is 2.71. The van der Waals surface area contributed by atoms with Crippen molar-refractivity contribution in [3.8, 4) is 6.26 Å². The first kappa shape index (κ1) is 9.60. The Balaban J connectivity index is 2.83. The third-order valence-electron chi connectivity index (χ3n) is 2.04. The molecular weight excluding hydrogens is 162 g/mol. The van der Waals surface area contributed by atoms with Gasteiger partial charge in [0.25, 0.3) is 6.26 Å². The summed E-state index contributed by atoms with van der Waals surface area (Å²) >= 11 is 0. The van der Waals surface area contributed by atoms with Crippen LogP contribution in [0.1, 0.15) is 20.3 Å². The Bertz CT molecular complexity index is 307. The summed E-state index contributed by atoms with van der Waals surface area (Å²) in [6, 6.07) is 0. The molecule has 0 radical (unpaired) electrons. The zero-order valence-electron chi connectivity index (χ0n) is 7.95. The molecule has 1 unspecified atom stereocenters. The number of ether oxygens (including phenoxy) is 1. The molecule has 1 aliphatic carbocycles. The molecule has 1 aliphatic rings. The van der Waals surface area contributed by atoms with Gasteiger partial charge in [0, 0.05) is 0 Å². The fourth-order valence-corrected chi connectivity index (χ4v) is 1.15. The van der Waals surface area contributed by atoms with Gasteiger partial charge in [-0.2, -0.15) is 5.26 Å². The third-order valence-corrected chi connectivity index (χ3v) is 2.04. The molecule has 0 amide bonds. The first-order valence-electron chi connectivity index (χ1n) is 4.35. The van der Waals surface area contributed by atoms with Crippen LogP contribution in [0.3, 0.4) is 0 Å². The second-order valence-corrected chi connectivity index (χ2v) is 3.16. The molecule has 0 saturated carbocycles. The molecule has 0 bridgehead atoms. The number of nitrogens with zero attached hydrogens (tertiary/aromatic N) is 1. The van der Waals surface area contributed by atoms with Gasteiger partial charge in [-0.25, -0.2) is 0 Å². The molecular formula is C11H13NO. The maximum atomic E-state index is 8.44. The van der Waals surface area contributed by atoms with E-state index in [-0.39, 0.29) is 0 Å². The molecule has 13 heavy (non-hydrogen) atoms. The van der Waals surface area contributed by atoms with Gasteiger partial charge in [0.1, 0.15) is 0 Å². The number of hydrogen-bond acceptors (Lipinski definition) is 2. The molecule has 0 N–H and O–H groups in total. The maximum absolute atomic E-state index is 8.44. The second kappa shape index (κ2) is 3.95. The molecule has 2 nitrogen and oxygen atoms in total. The molecule has 0 saturated heterocycles. The van der Waals surface area contributed by atoms with Crippen molar-refractivity contribution in [1.82, 2.24) is 0 Å². The van der Waals surface area contributed by atoms with Crippen molar-refractivity contribution < 1.29 is 4.74 Å². The summed E-state index contributed by atoms with van der Waals surface area (Å²) in [5.74, 6) is 0. The smallest absolute Gasteiger partial charge is 0.287 e. The molecule has 0 fully saturated rings. The molecule has 0 aromatic rings. The van der Waals surface area contributed by atoms with Crippen molar-refractivity contribution in [3.63, 3.8) is 0 Å². The molecule has 0 aromatic heterocycles. The Morgan fingerprint density at radius 1 is 1.54 bits per heavy atom. The van der Waals surface area contributed by atoms with Gasteiger partial charge < -0.3 is 4.74 Å². The van der Waals surface area contributed by atoms with Gasteiger partial charge in [-0.3, -0.25) is 0 Å². The fourth-order valence-electron chi connectivity index (χ4n) is 1.15. The van der Waals surface area contributed by atoms with Gasteiger partial charge >= 0.3 is 0 Å². The summed E-state index contributed by atoms with van der Waals surface area (Å²) in [6.45, 7) is 3.95. The summed E-state index contributed by atoms with van der Waals surface area (Å²) in [4.78, 5) is 0. The van der Waals surface area contributed by atoms with Crippen LogP contribution in [0.4, 0.5) is 0 Å². The van der Waals surface area contributed by atoms with Crippen molar-refractivity contribution in [2.24, 2.45) is 0 Å². The lowest BCUT2D eigenvalue weighted by molar-refractivity contribution is 0.150. The van der Waals surface area contributed by atoms with Crippen LogP contribution in [0.15, 0.2) is 36.0 Å². The Morgan fingerprint density at radius 3 is 2.92 bits per heavy atom. The van der Waals surface area contributed by atoms with Gasteiger partial charge in [-0.15, -0.1) is 0 Å². The van der Waals surface area contributed by atoms with Crippen molar-refractivity contribution in [2.45, 2.75) is 25.9 Å². The van der Waals surface area contributed by atoms with E-state index in [2.05, 4.69) is 6.92 Å². The Hall–Kier alpha value is -1.49. The quantitative estimate of drug-likeness (QED) is 0.604. The first-order valence-corrected chi connectivity index (χ1v) is 4.35. The van der Waals surface area contributed by atoms with Gasteiger partial charge in [-0.05, 0) is 31.1 Å². The minimum Gasteiger partial charge on any atom is -0.413 e. The SMILES string of the molecule is CCC1=CC=CC(C)(OC#N)C=C1. The topological polar surface area (TPSA) is 33.0 Å². The van der Waals surface area contributed by atoms with Crippen molar-refractivity contribution in [1.29, 1.82) is 5.26 Å². The van der Waals surface area contributed by atoms with E-state index in [0.717, 1.165) is 6.42 Å². The normalized spacial score (nSPS) is 26.1. The van der Waals surface area contributed by atoms with Crippen molar-refractivity contribution >= 4 is 0 Å². The van der Waals surface area contributed by atoms with E-state index >= 15 is 0 Å². The number of nitriles is 1. The van der Waals surface area contributed by atoms with Crippen LogP contribution in [-0.2, 0) is 4.74 Å². The largest absolute Gasteiger partial charge is 0.413 e. The molecule has 0 aliphatic heterocycles. The minimum absolute atomic E-state index is 0.581. The van der Waals surface area contributed by atoms with E-state index in [1.165, 1.54) is 5.57 Å². The minimum atomic E-state index is -0.581. The zero-order valence-corrected chi connectivity index (χ0v) is 7.95. The average molecular weight is 175 g/mol. The zero-order chi connectivity index (χ0) is 9.73. The molecule has 0 spiro atoms. The van der Waals surface area contributed by atoms with Gasteiger partial charge in [0.15, 0.2) is 5.60 Å². The highest BCUT2D eigenvalue weighted by Gasteiger charge is 2.19. The Morgan fingerprint density at radius 2 is 2.31 bits per heavy atom. The molecule has 0 heterocycles. The van der Waals surface area contributed by atoms with Crippen LogP contribution in [0.25, 0.3) is 0 Å². The fraction of sp³-hybridized carbons (Fsp3) is 0.364.